The first-order valence-electron chi connectivity index (χ1n) is 11.1. The van der Waals surface area contributed by atoms with E-state index in [0.29, 0.717) is 11.4 Å². The molecule has 1 aliphatic carbocycles. The number of nitrogens with one attached hydrogen (secondary N) is 2. The van der Waals surface area contributed by atoms with Gasteiger partial charge < -0.3 is 10.6 Å². The highest BCUT2D eigenvalue weighted by molar-refractivity contribution is 6.03. The summed E-state index contributed by atoms with van der Waals surface area (Å²) in [5.41, 5.74) is 4.26. The summed E-state index contributed by atoms with van der Waals surface area (Å²) in [6.45, 7) is 7.99. The van der Waals surface area contributed by atoms with Crippen molar-refractivity contribution in [2.24, 2.45) is 0 Å². The van der Waals surface area contributed by atoms with Gasteiger partial charge in [-0.05, 0) is 82.3 Å². The molecule has 32 heavy (non-hydrogen) atoms. The van der Waals surface area contributed by atoms with Crippen molar-refractivity contribution in [3.8, 4) is 0 Å². The normalized spacial score (nSPS) is 15.6. The van der Waals surface area contributed by atoms with Crippen LogP contribution in [0.1, 0.15) is 78.3 Å². The number of rotatable bonds is 6. The first kappa shape index (κ1) is 21.8. The van der Waals surface area contributed by atoms with Crippen molar-refractivity contribution in [1.29, 1.82) is 0 Å². The molecule has 0 radical (unpaired) electrons. The molecule has 1 aliphatic rings. The van der Waals surface area contributed by atoms with Gasteiger partial charge in [-0.1, -0.05) is 6.07 Å². The van der Waals surface area contributed by atoms with Crippen molar-refractivity contribution in [3.05, 3.63) is 65.2 Å². The molecule has 4 rings (SSSR count). The van der Waals surface area contributed by atoms with Gasteiger partial charge in [-0.15, -0.1) is 0 Å². The van der Waals surface area contributed by atoms with Gasteiger partial charge in [0.2, 0.25) is 0 Å². The average Bonchev–Trinajstić information content (AvgIpc) is 3.43. The van der Waals surface area contributed by atoms with E-state index in [1.165, 1.54) is 5.56 Å². The molecule has 8 heteroatoms. The number of anilines is 1. The number of hydrogen-bond donors (Lipinski definition) is 2. The maximum atomic E-state index is 12.8. The first-order valence-corrected chi connectivity index (χ1v) is 11.1. The van der Waals surface area contributed by atoms with Crippen LogP contribution < -0.4 is 10.6 Å². The largest absolute Gasteiger partial charge is 0.348 e. The summed E-state index contributed by atoms with van der Waals surface area (Å²) in [6, 6.07) is 9.76. The van der Waals surface area contributed by atoms with Crippen LogP contribution in [0.15, 0.2) is 42.7 Å². The van der Waals surface area contributed by atoms with E-state index in [1.54, 1.807) is 33.9 Å². The second-order valence-corrected chi connectivity index (χ2v) is 8.86. The smallest absolute Gasteiger partial charge is 0.273 e. The van der Waals surface area contributed by atoms with Crippen molar-refractivity contribution >= 4 is 17.5 Å². The van der Waals surface area contributed by atoms with Crippen LogP contribution in [-0.2, 0) is 12.8 Å². The van der Waals surface area contributed by atoms with Gasteiger partial charge in [-0.3, -0.25) is 19.0 Å². The van der Waals surface area contributed by atoms with Gasteiger partial charge in [0.15, 0.2) is 0 Å². The zero-order valence-electron chi connectivity index (χ0n) is 19.0. The quantitative estimate of drug-likeness (QED) is 0.617. The Balaban J connectivity index is 1.45. The highest BCUT2D eigenvalue weighted by Crippen LogP contribution is 2.25. The summed E-state index contributed by atoms with van der Waals surface area (Å²) in [6.07, 6.45) is 5.79. The van der Waals surface area contributed by atoms with Crippen molar-refractivity contribution in [2.75, 3.05) is 5.32 Å². The van der Waals surface area contributed by atoms with E-state index in [9.17, 15) is 9.59 Å². The fourth-order valence-electron chi connectivity index (χ4n) is 4.22. The summed E-state index contributed by atoms with van der Waals surface area (Å²) >= 11 is 0. The molecule has 0 spiro atoms. The van der Waals surface area contributed by atoms with Crippen LogP contribution in [-0.4, -0.2) is 37.4 Å². The molecular formula is C24H30N6O2. The summed E-state index contributed by atoms with van der Waals surface area (Å²) in [7, 11) is 0. The predicted octanol–water partition coefficient (Wildman–Crippen LogP) is 3.78. The molecule has 3 aromatic rings. The lowest BCUT2D eigenvalue weighted by Crippen LogP contribution is -2.39. The lowest BCUT2D eigenvalue weighted by Gasteiger charge is -2.26. The predicted molar refractivity (Wildman–Crippen MR) is 123 cm³/mol. The number of nitrogens with zero attached hydrogens (tertiary/aromatic N) is 4. The lowest BCUT2D eigenvalue weighted by atomic mass is 9.88. The van der Waals surface area contributed by atoms with Crippen LogP contribution in [0.4, 0.5) is 5.69 Å². The van der Waals surface area contributed by atoms with Gasteiger partial charge in [0.05, 0.1) is 0 Å². The van der Waals surface area contributed by atoms with Crippen molar-refractivity contribution in [3.63, 3.8) is 0 Å². The zero-order chi connectivity index (χ0) is 22.8. The molecule has 0 aliphatic heterocycles. The average molecular weight is 435 g/mol. The minimum absolute atomic E-state index is 0.0406. The second-order valence-electron chi connectivity index (χ2n) is 8.86. The van der Waals surface area contributed by atoms with Crippen LogP contribution in [0.25, 0.3) is 0 Å². The Morgan fingerprint density at radius 1 is 0.906 bits per heavy atom. The number of amides is 2. The van der Waals surface area contributed by atoms with Gasteiger partial charge in [-0.2, -0.15) is 10.2 Å². The standard InChI is InChI=1S/C24H30N6O2/c1-15(2)29-21(9-11-25-29)23(31)27-19-7-5-17-6-8-20(14-18(17)13-19)28-24(32)22-10-12-26-30(22)16(3)4/h5,7,9-13,15-16,20H,6,8,14H2,1-4H3,(H,27,31)(H,28,32). The molecule has 2 aromatic heterocycles. The summed E-state index contributed by atoms with van der Waals surface area (Å²) in [5.74, 6) is -0.283. The highest BCUT2D eigenvalue weighted by atomic mass is 16.2. The maximum absolute atomic E-state index is 12.8. The molecule has 2 N–H and O–H groups in total. The molecule has 0 saturated heterocycles. The SMILES string of the molecule is CC(C)n1nccc1C(=O)Nc1ccc2c(c1)CC(NC(=O)c1ccnn1C(C)C)CC2. The van der Waals surface area contributed by atoms with Gasteiger partial charge in [-0.25, -0.2) is 0 Å². The summed E-state index contributed by atoms with van der Waals surface area (Å²) in [4.78, 5) is 25.6. The molecule has 2 heterocycles. The summed E-state index contributed by atoms with van der Waals surface area (Å²) < 4.78 is 3.45. The van der Waals surface area contributed by atoms with E-state index in [0.717, 1.165) is 30.5 Å². The maximum Gasteiger partial charge on any atom is 0.273 e. The number of carbonyl (C=O) groups is 2. The Hall–Kier alpha value is -3.42. The van der Waals surface area contributed by atoms with Crippen LogP contribution >= 0.6 is 0 Å². The fraction of sp³-hybridized carbons (Fsp3) is 0.417. The molecule has 1 unspecified atom stereocenters. The Bertz CT molecular complexity index is 1130. The third-order valence-electron chi connectivity index (χ3n) is 5.81. The Morgan fingerprint density at radius 2 is 1.53 bits per heavy atom. The number of carbonyl (C=O) groups excluding carboxylic acids is 2. The Kier molecular flexibility index (Phi) is 6.12. The molecule has 0 saturated carbocycles. The van der Waals surface area contributed by atoms with E-state index < -0.39 is 0 Å². The van der Waals surface area contributed by atoms with Gasteiger partial charge in [0.25, 0.3) is 11.8 Å². The van der Waals surface area contributed by atoms with Crippen molar-refractivity contribution in [1.82, 2.24) is 24.9 Å². The summed E-state index contributed by atoms with van der Waals surface area (Å²) in [5, 5.41) is 14.6. The third-order valence-corrected chi connectivity index (χ3v) is 5.81. The number of fused-ring (bicyclic) bond motifs is 1. The third kappa shape index (κ3) is 4.44. The highest BCUT2D eigenvalue weighted by Gasteiger charge is 2.23. The van der Waals surface area contributed by atoms with Crippen LogP contribution in [0.2, 0.25) is 0 Å². The van der Waals surface area contributed by atoms with Gasteiger partial charge in [0.1, 0.15) is 11.4 Å². The first-order chi connectivity index (χ1) is 15.3. The molecular weight excluding hydrogens is 404 g/mol. The fourth-order valence-corrected chi connectivity index (χ4v) is 4.22. The van der Waals surface area contributed by atoms with Gasteiger partial charge >= 0.3 is 0 Å². The van der Waals surface area contributed by atoms with Crippen molar-refractivity contribution in [2.45, 2.75) is 65.1 Å². The van der Waals surface area contributed by atoms with Crippen molar-refractivity contribution < 1.29 is 9.59 Å². The van der Waals surface area contributed by atoms with E-state index in [1.807, 2.05) is 39.8 Å². The minimum Gasteiger partial charge on any atom is -0.348 e. The topological polar surface area (TPSA) is 93.8 Å². The second kappa shape index (κ2) is 8.98. The van der Waals surface area contributed by atoms with Crippen LogP contribution in [0, 0.1) is 0 Å². The molecule has 0 bridgehead atoms. The van der Waals surface area contributed by atoms with E-state index in [4.69, 9.17) is 0 Å². The molecule has 1 atom stereocenters. The molecule has 168 valence electrons. The van der Waals surface area contributed by atoms with E-state index in [2.05, 4.69) is 26.9 Å². The van der Waals surface area contributed by atoms with Crippen LogP contribution in [0.3, 0.4) is 0 Å². The minimum atomic E-state index is -0.182. The number of hydrogen-bond acceptors (Lipinski definition) is 4. The molecule has 1 aromatic carbocycles. The number of aromatic nitrogens is 4. The monoisotopic (exact) mass is 434 g/mol. The van der Waals surface area contributed by atoms with E-state index >= 15 is 0 Å². The zero-order valence-corrected chi connectivity index (χ0v) is 19.0. The lowest BCUT2D eigenvalue weighted by molar-refractivity contribution is 0.0920. The number of benzene rings is 1. The Morgan fingerprint density at radius 3 is 2.16 bits per heavy atom. The van der Waals surface area contributed by atoms with E-state index in [-0.39, 0.29) is 29.9 Å². The Labute approximate surface area is 188 Å². The molecule has 0 fully saturated rings. The van der Waals surface area contributed by atoms with Gasteiger partial charge in [0, 0.05) is 36.2 Å². The molecule has 8 nitrogen and oxygen atoms in total. The number of aryl methyl sites for hydroxylation is 1. The molecule has 2 amide bonds. The van der Waals surface area contributed by atoms with Crippen LogP contribution in [0.5, 0.6) is 0 Å².